The third-order valence-electron chi connectivity index (χ3n) is 4.37. The van der Waals surface area contributed by atoms with Crippen LogP contribution in [-0.4, -0.2) is 19.7 Å². The second-order valence-electron chi connectivity index (χ2n) is 6.39. The number of benzene rings is 1. The molecule has 0 N–H and O–H groups in total. The standard InChI is InChI=1S/C21H26N4/c1-2-3-4-5-9-12-20-23-21(19-13-15-22-16-14-19)24-25(20)17-18-10-7-6-8-11-18/h6-8,10-11,13-16H,2-5,9,12,17H2,1H3. The third kappa shape index (κ3) is 4.99. The van der Waals surface area contributed by atoms with E-state index in [1.807, 2.05) is 18.2 Å². The van der Waals surface area contributed by atoms with Crippen molar-refractivity contribution in [1.82, 2.24) is 19.7 Å². The van der Waals surface area contributed by atoms with E-state index in [4.69, 9.17) is 10.1 Å². The van der Waals surface area contributed by atoms with Gasteiger partial charge >= 0.3 is 0 Å². The van der Waals surface area contributed by atoms with Crippen LogP contribution in [0.1, 0.15) is 50.4 Å². The van der Waals surface area contributed by atoms with Gasteiger partial charge in [0.15, 0.2) is 5.82 Å². The van der Waals surface area contributed by atoms with Crippen molar-refractivity contribution in [1.29, 1.82) is 0 Å². The summed E-state index contributed by atoms with van der Waals surface area (Å²) in [6.45, 7) is 3.01. The molecule has 0 saturated heterocycles. The van der Waals surface area contributed by atoms with Crippen LogP contribution in [0.3, 0.4) is 0 Å². The third-order valence-corrected chi connectivity index (χ3v) is 4.37. The van der Waals surface area contributed by atoms with Gasteiger partial charge in [-0.25, -0.2) is 9.67 Å². The molecule has 0 spiro atoms. The number of nitrogens with zero attached hydrogens (tertiary/aromatic N) is 4. The predicted molar refractivity (Wildman–Crippen MR) is 101 cm³/mol. The normalized spacial score (nSPS) is 10.9. The summed E-state index contributed by atoms with van der Waals surface area (Å²) in [7, 11) is 0. The quantitative estimate of drug-likeness (QED) is 0.523. The lowest BCUT2D eigenvalue weighted by Gasteiger charge is -2.06. The number of aryl methyl sites for hydroxylation is 1. The zero-order valence-corrected chi connectivity index (χ0v) is 14.9. The van der Waals surface area contributed by atoms with Gasteiger partial charge in [-0.1, -0.05) is 62.9 Å². The number of rotatable bonds is 9. The molecule has 0 atom stereocenters. The van der Waals surface area contributed by atoms with Gasteiger partial charge in [-0.15, -0.1) is 0 Å². The van der Waals surface area contributed by atoms with Gasteiger partial charge in [-0.2, -0.15) is 5.10 Å². The minimum atomic E-state index is 0.767. The second-order valence-corrected chi connectivity index (χ2v) is 6.39. The Bertz CT molecular complexity index is 750. The van der Waals surface area contributed by atoms with E-state index >= 15 is 0 Å². The first-order chi connectivity index (χ1) is 12.4. The lowest BCUT2D eigenvalue weighted by molar-refractivity contribution is 0.586. The van der Waals surface area contributed by atoms with Crippen molar-refractivity contribution in [3.05, 3.63) is 66.2 Å². The highest BCUT2D eigenvalue weighted by atomic mass is 15.3. The first-order valence-electron chi connectivity index (χ1n) is 9.25. The molecule has 0 radical (unpaired) electrons. The van der Waals surface area contributed by atoms with E-state index in [0.29, 0.717) is 0 Å². The smallest absolute Gasteiger partial charge is 0.181 e. The molecular formula is C21H26N4. The van der Waals surface area contributed by atoms with Gasteiger partial charge in [0, 0.05) is 24.4 Å². The van der Waals surface area contributed by atoms with Crippen LogP contribution in [0.15, 0.2) is 54.9 Å². The molecule has 3 aromatic rings. The molecule has 1 aromatic carbocycles. The van der Waals surface area contributed by atoms with Gasteiger partial charge in [0.25, 0.3) is 0 Å². The van der Waals surface area contributed by atoms with Crippen LogP contribution in [0.2, 0.25) is 0 Å². The minimum Gasteiger partial charge on any atom is -0.265 e. The Morgan fingerprint density at radius 3 is 2.40 bits per heavy atom. The van der Waals surface area contributed by atoms with Crippen molar-refractivity contribution < 1.29 is 0 Å². The fourth-order valence-electron chi connectivity index (χ4n) is 2.95. The molecule has 2 aromatic heterocycles. The maximum absolute atomic E-state index is 4.82. The first-order valence-corrected chi connectivity index (χ1v) is 9.25. The highest BCUT2D eigenvalue weighted by Gasteiger charge is 2.12. The topological polar surface area (TPSA) is 43.6 Å². The molecule has 4 nitrogen and oxygen atoms in total. The van der Waals surface area contributed by atoms with Crippen LogP contribution < -0.4 is 0 Å². The van der Waals surface area contributed by atoms with Crippen LogP contribution in [-0.2, 0) is 13.0 Å². The molecule has 0 saturated carbocycles. The Kier molecular flexibility index (Phi) is 6.32. The number of hydrogen-bond donors (Lipinski definition) is 0. The number of unbranched alkanes of at least 4 members (excludes halogenated alkanes) is 4. The summed E-state index contributed by atoms with van der Waals surface area (Å²) in [5.74, 6) is 1.87. The highest BCUT2D eigenvalue weighted by Crippen LogP contribution is 2.17. The fourth-order valence-corrected chi connectivity index (χ4v) is 2.95. The van der Waals surface area contributed by atoms with Crippen LogP contribution in [0, 0.1) is 0 Å². The molecule has 4 heteroatoms. The molecule has 0 amide bonds. The summed E-state index contributed by atoms with van der Waals surface area (Å²) in [6, 6.07) is 14.4. The monoisotopic (exact) mass is 334 g/mol. The molecule has 25 heavy (non-hydrogen) atoms. The molecule has 0 aliphatic carbocycles. The average molecular weight is 334 g/mol. The molecular weight excluding hydrogens is 308 g/mol. The largest absolute Gasteiger partial charge is 0.265 e. The predicted octanol–water partition coefficient (Wildman–Crippen LogP) is 4.90. The zero-order chi connectivity index (χ0) is 17.3. The van der Waals surface area contributed by atoms with Crippen LogP contribution in [0.25, 0.3) is 11.4 Å². The molecule has 0 aliphatic heterocycles. The molecule has 0 fully saturated rings. The maximum Gasteiger partial charge on any atom is 0.181 e. The van der Waals surface area contributed by atoms with Gasteiger partial charge in [0.05, 0.1) is 6.54 Å². The van der Waals surface area contributed by atoms with E-state index in [0.717, 1.165) is 30.2 Å². The molecule has 0 bridgehead atoms. The molecule has 130 valence electrons. The van der Waals surface area contributed by atoms with E-state index in [2.05, 4.69) is 40.9 Å². The minimum absolute atomic E-state index is 0.767. The summed E-state index contributed by atoms with van der Waals surface area (Å²) in [4.78, 5) is 8.90. The van der Waals surface area contributed by atoms with Crippen molar-refractivity contribution in [2.24, 2.45) is 0 Å². The Morgan fingerprint density at radius 1 is 0.880 bits per heavy atom. The number of pyridine rings is 1. The fraction of sp³-hybridized carbons (Fsp3) is 0.381. The van der Waals surface area contributed by atoms with Crippen LogP contribution in [0.5, 0.6) is 0 Å². The summed E-state index contributed by atoms with van der Waals surface area (Å²) < 4.78 is 2.06. The van der Waals surface area contributed by atoms with Gasteiger partial charge in [-0.05, 0) is 24.1 Å². The van der Waals surface area contributed by atoms with E-state index < -0.39 is 0 Å². The molecule has 0 unspecified atom stereocenters. The summed E-state index contributed by atoms with van der Waals surface area (Å²) >= 11 is 0. The molecule has 3 rings (SSSR count). The average Bonchev–Trinajstić information content (AvgIpc) is 3.06. The van der Waals surface area contributed by atoms with Gasteiger partial charge in [-0.3, -0.25) is 4.98 Å². The number of hydrogen-bond acceptors (Lipinski definition) is 3. The molecule has 2 heterocycles. The van der Waals surface area contributed by atoms with Crippen molar-refractivity contribution >= 4 is 0 Å². The number of aromatic nitrogens is 4. The van der Waals surface area contributed by atoms with E-state index in [9.17, 15) is 0 Å². The lowest BCUT2D eigenvalue weighted by atomic mass is 10.1. The summed E-state index contributed by atoms with van der Waals surface area (Å²) in [6.07, 6.45) is 10.9. The zero-order valence-electron chi connectivity index (χ0n) is 14.9. The van der Waals surface area contributed by atoms with Gasteiger partial charge in [0.1, 0.15) is 5.82 Å². The van der Waals surface area contributed by atoms with Crippen LogP contribution in [0.4, 0.5) is 0 Å². The van der Waals surface area contributed by atoms with Crippen molar-refractivity contribution in [3.8, 4) is 11.4 Å². The van der Waals surface area contributed by atoms with E-state index in [1.165, 1.54) is 37.7 Å². The SMILES string of the molecule is CCCCCCCc1nc(-c2ccncc2)nn1Cc1ccccc1. The van der Waals surface area contributed by atoms with Crippen molar-refractivity contribution in [3.63, 3.8) is 0 Å². The molecule has 0 aliphatic rings. The Hall–Kier alpha value is -2.49. The second kappa shape index (κ2) is 9.11. The van der Waals surface area contributed by atoms with Crippen LogP contribution >= 0.6 is 0 Å². The van der Waals surface area contributed by atoms with Gasteiger partial charge < -0.3 is 0 Å². The highest BCUT2D eigenvalue weighted by molar-refractivity contribution is 5.53. The maximum atomic E-state index is 4.82. The van der Waals surface area contributed by atoms with Crippen molar-refractivity contribution in [2.75, 3.05) is 0 Å². The Balaban J connectivity index is 1.77. The summed E-state index contributed by atoms with van der Waals surface area (Å²) in [5, 5.41) is 4.77. The Morgan fingerprint density at radius 2 is 1.64 bits per heavy atom. The van der Waals surface area contributed by atoms with E-state index in [1.54, 1.807) is 12.4 Å². The van der Waals surface area contributed by atoms with E-state index in [-0.39, 0.29) is 0 Å². The first kappa shape index (κ1) is 17.3. The van der Waals surface area contributed by atoms with Crippen molar-refractivity contribution in [2.45, 2.75) is 52.0 Å². The Labute approximate surface area is 150 Å². The summed E-state index contributed by atoms with van der Waals surface area (Å²) in [5.41, 5.74) is 2.27. The lowest BCUT2D eigenvalue weighted by Crippen LogP contribution is -2.07. The van der Waals surface area contributed by atoms with Gasteiger partial charge in [0.2, 0.25) is 0 Å².